The second kappa shape index (κ2) is 8.41. The van der Waals surface area contributed by atoms with Crippen molar-refractivity contribution in [3.8, 4) is 0 Å². The highest BCUT2D eigenvalue weighted by Gasteiger charge is 2.38. The van der Waals surface area contributed by atoms with Crippen molar-refractivity contribution in [2.75, 3.05) is 12.3 Å². The highest BCUT2D eigenvalue weighted by molar-refractivity contribution is 8.00. The number of halogens is 1. The van der Waals surface area contributed by atoms with E-state index in [1.54, 1.807) is 0 Å². The summed E-state index contributed by atoms with van der Waals surface area (Å²) in [6.07, 6.45) is 4.99. The maximum atomic E-state index is 13.0. The van der Waals surface area contributed by atoms with Crippen LogP contribution in [-0.4, -0.2) is 34.4 Å². The zero-order chi connectivity index (χ0) is 15.5. The number of nitrogens with zero attached hydrogens (tertiary/aromatic N) is 1. The van der Waals surface area contributed by atoms with E-state index in [0.29, 0.717) is 11.3 Å². The molecule has 2 fully saturated rings. The lowest BCUT2D eigenvalue weighted by Crippen LogP contribution is -2.54. The molecule has 1 saturated heterocycles. The number of amides is 1. The molecule has 1 aliphatic carbocycles. The Morgan fingerprint density at radius 1 is 1.26 bits per heavy atom. The Kier molecular flexibility index (Phi) is 6.81. The average molecular weight is 355 g/mol. The summed E-state index contributed by atoms with van der Waals surface area (Å²) in [7, 11) is 0. The molecule has 128 valence electrons. The molecule has 1 heterocycles. The molecule has 0 bridgehead atoms. The van der Waals surface area contributed by atoms with Crippen LogP contribution in [0.15, 0.2) is 30.3 Å². The van der Waals surface area contributed by atoms with Crippen molar-refractivity contribution in [1.29, 1.82) is 0 Å². The second-order valence-electron chi connectivity index (χ2n) is 6.52. The fourth-order valence-electron chi connectivity index (χ4n) is 3.75. The molecule has 1 amide bonds. The molecule has 4 atom stereocenters. The van der Waals surface area contributed by atoms with Crippen LogP contribution in [0.1, 0.15) is 44.2 Å². The zero-order valence-electron chi connectivity index (χ0n) is 13.7. The number of nitrogens with two attached hydrogens (primary N) is 1. The smallest absolute Gasteiger partial charge is 0.227 e. The van der Waals surface area contributed by atoms with Gasteiger partial charge in [-0.2, -0.15) is 11.8 Å². The molecule has 1 aromatic carbocycles. The third-order valence-corrected chi connectivity index (χ3v) is 6.52. The molecular weight excluding hydrogens is 328 g/mol. The summed E-state index contributed by atoms with van der Waals surface area (Å²) in [5.41, 5.74) is 7.41. The molecule has 1 aromatic rings. The van der Waals surface area contributed by atoms with Gasteiger partial charge in [-0.3, -0.25) is 4.79 Å². The van der Waals surface area contributed by atoms with E-state index in [-0.39, 0.29) is 30.3 Å². The first-order valence-electron chi connectivity index (χ1n) is 8.41. The molecule has 0 spiro atoms. The fraction of sp³-hybridized carbons (Fsp3) is 0.611. The predicted molar refractivity (Wildman–Crippen MR) is 100.0 cm³/mol. The molecule has 5 heteroatoms. The highest BCUT2D eigenvalue weighted by Crippen LogP contribution is 2.36. The zero-order valence-corrected chi connectivity index (χ0v) is 15.3. The van der Waals surface area contributed by atoms with Gasteiger partial charge in [0.2, 0.25) is 5.91 Å². The summed E-state index contributed by atoms with van der Waals surface area (Å²) in [5, 5.41) is 0.645. The van der Waals surface area contributed by atoms with E-state index in [1.807, 2.05) is 37.3 Å². The minimum atomic E-state index is -0.217. The Hall–Kier alpha value is -0.710. The first kappa shape index (κ1) is 18.6. The summed E-state index contributed by atoms with van der Waals surface area (Å²) < 4.78 is 0. The molecular formula is C18H27ClN2OS. The van der Waals surface area contributed by atoms with Gasteiger partial charge in [-0.25, -0.2) is 0 Å². The number of carbonyl (C=O) groups excluding carboxylic acids is 1. The van der Waals surface area contributed by atoms with Gasteiger partial charge in [0.05, 0.1) is 5.92 Å². The van der Waals surface area contributed by atoms with Crippen LogP contribution in [0.5, 0.6) is 0 Å². The molecule has 3 nitrogen and oxygen atoms in total. The van der Waals surface area contributed by atoms with Crippen LogP contribution in [0.4, 0.5) is 0 Å². The largest absolute Gasteiger partial charge is 0.337 e. The summed E-state index contributed by atoms with van der Waals surface area (Å²) in [6, 6.07) is 10.2. The summed E-state index contributed by atoms with van der Waals surface area (Å²) in [4.78, 5) is 15.2. The van der Waals surface area contributed by atoms with E-state index < -0.39 is 0 Å². The van der Waals surface area contributed by atoms with Gasteiger partial charge in [-0.15, -0.1) is 12.4 Å². The van der Waals surface area contributed by atoms with Crippen molar-refractivity contribution in [2.24, 2.45) is 11.7 Å². The van der Waals surface area contributed by atoms with E-state index >= 15 is 0 Å². The highest BCUT2D eigenvalue weighted by atomic mass is 35.5. The van der Waals surface area contributed by atoms with Gasteiger partial charge in [-0.1, -0.05) is 50.1 Å². The van der Waals surface area contributed by atoms with Crippen LogP contribution in [0.2, 0.25) is 0 Å². The summed E-state index contributed by atoms with van der Waals surface area (Å²) in [6.45, 7) is 2.87. The van der Waals surface area contributed by atoms with Crippen molar-refractivity contribution < 1.29 is 4.79 Å². The van der Waals surface area contributed by atoms with Crippen molar-refractivity contribution in [3.05, 3.63) is 35.9 Å². The van der Waals surface area contributed by atoms with Crippen LogP contribution < -0.4 is 5.73 Å². The number of carbonyl (C=O) groups is 1. The van der Waals surface area contributed by atoms with Gasteiger partial charge in [0.1, 0.15) is 0 Å². The predicted octanol–water partition coefficient (Wildman–Crippen LogP) is 3.63. The fourth-order valence-corrected chi connectivity index (χ4v) is 5.19. The van der Waals surface area contributed by atoms with Crippen molar-refractivity contribution >= 4 is 30.1 Å². The quantitative estimate of drug-likeness (QED) is 0.901. The number of fused-ring (bicyclic) bond motifs is 1. The van der Waals surface area contributed by atoms with Gasteiger partial charge < -0.3 is 10.6 Å². The molecule has 0 aromatic heterocycles. The molecule has 1 saturated carbocycles. The minimum Gasteiger partial charge on any atom is -0.337 e. The Bertz CT molecular complexity index is 511. The average Bonchev–Trinajstić information content (AvgIpc) is 2.60. The standard InChI is InChI=1S/C18H26N2OS.ClH/c1-13(17(19)14-7-3-2-4-8-14)18(21)20-11-12-22-16-10-6-5-9-15(16)20;/h2-4,7-8,13,15-17H,5-6,9-12,19H2,1H3;1H. The van der Waals surface area contributed by atoms with Gasteiger partial charge in [0.25, 0.3) is 0 Å². The van der Waals surface area contributed by atoms with Crippen LogP contribution in [0.3, 0.4) is 0 Å². The van der Waals surface area contributed by atoms with Crippen LogP contribution in [0.25, 0.3) is 0 Å². The maximum absolute atomic E-state index is 13.0. The number of hydrogen-bond acceptors (Lipinski definition) is 3. The molecule has 23 heavy (non-hydrogen) atoms. The van der Waals surface area contributed by atoms with E-state index in [0.717, 1.165) is 24.3 Å². The third-order valence-electron chi connectivity index (χ3n) is 5.13. The molecule has 1 aliphatic heterocycles. The Morgan fingerprint density at radius 3 is 2.70 bits per heavy atom. The molecule has 3 rings (SSSR count). The number of thioether (sulfide) groups is 1. The van der Waals surface area contributed by atoms with Gasteiger partial charge in [-0.05, 0) is 18.4 Å². The van der Waals surface area contributed by atoms with Gasteiger partial charge in [0.15, 0.2) is 0 Å². The normalized spacial score (nSPS) is 26.6. The second-order valence-corrected chi connectivity index (χ2v) is 7.86. The molecule has 2 N–H and O–H groups in total. The lowest BCUT2D eigenvalue weighted by atomic mass is 9.90. The van der Waals surface area contributed by atoms with Crippen LogP contribution in [0, 0.1) is 5.92 Å². The first-order chi connectivity index (χ1) is 10.7. The van der Waals surface area contributed by atoms with Gasteiger partial charge >= 0.3 is 0 Å². The Labute approximate surface area is 149 Å². The van der Waals surface area contributed by atoms with Crippen LogP contribution in [-0.2, 0) is 4.79 Å². The Balaban J connectivity index is 0.00000192. The monoisotopic (exact) mass is 354 g/mol. The van der Waals surface area contributed by atoms with Crippen molar-refractivity contribution in [2.45, 2.75) is 49.9 Å². The van der Waals surface area contributed by atoms with Gasteiger partial charge in [0, 0.05) is 29.6 Å². The summed E-state index contributed by atoms with van der Waals surface area (Å²) >= 11 is 2.06. The van der Waals surface area contributed by atoms with Crippen molar-refractivity contribution in [1.82, 2.24) is 4.90 Å². The van der Waals surface area contributed by atoms with Crippen molar-refractivity contribution in [3.63, 3.8) is 0 Å². The topological polar surface area (TPSA) is 46.3 Å². The minimum absolute atomic E-state index is 0. The molecule has 0 radical (unpaired) electrons. The number of hydrogen-bond donors (Lipinski definition) is 1. The SMILES string of the molecule is CC(C(=O)N1CCSC2CCCCC21)C(N)c1ccccc1.Cl. The van der Waals surface area contributed by atoms with E-state index in [1.165, 1.54) is 19.3 Å². The number of benzene rings is 1. The number of rotatable bonds is 3. The third kappa shape index (κ3) is 4.04. The van der Waals surface area contributed by atoms with E-state index in [9.17, 15) is 4.79 Å². The lowest BCUT2D eigenvalue weighted by Gasteiger charge is -2.45. The summed E-state index contributed by atoms with van der Waals surface area (Å²) in [5.74, 6) is 1.15. The Morgan fingerprint density at radius 2 is 1.96 bits per heavy atom. The molecule has 2 aliphatic rings. The molecule has 4 unspecified atom stereocenters. The first-order valence-corrected chi connectivity index (χ1v) is 9.46. The van der Waals surface area contributed by atoms with E-state index in [4.69, 9.17) is 5.73 Å². The van der Waals surface area contributed by atoms with Crippen LogP contribution >= 0.6 is 24.2 Å². The van der Waals surface area contributed by atoms with E-state index in [2.05, 4.69) is 16.7 Å². The maximum Gasteiger partial charge on any atom is 0.227 e. The lowest BCUT2D eigenvalue weighted by molar-refractivity contribution is -0.138.